The van der Waals surface area contributed by atoms with Crippen LogP contribution in [0.1, 0.15) is 25.3 Å². The van der Waals surface area contributed by atoms with Crippen molar-refractivity contribution in [3.63, 3.8) is 0 Å². The van der Waals surface area contributed by atoms with Crippen molar-refractivity contribution in [3.05, 3.63) is 29.8 Å². The molecule has 0 aliphatic carbocycles. The van der Waals surface area contributed by atoms with Crippen LogP contribution in [0.5, 0.6) is 0 Å². The molecule has 1 fully saturated rings. The lowest BCUT2D eigenvalue weighted by molar-refractivity contribution is -0.118. The SMILES string of the molecule is CC1(C(=O)Nc2cccc(C#CCO)c2)CCCS1. The van der Waals surface area contributed by atoms with Gasteiger partial charge in [-0.15, -0.1) is 11.8 Å². The molecule has 1 aromatic rings. The molecule has 4 heteroatoms. The Bertz CT molecular complexity index is 524. The van der Waals surface area contributed by atoms with Crippen molar-refractivity contribution in [3.8, 4) is 11.8 Å². The molecule has 1 aliphatic heterocycles. The summed E-state index contributed by atoms with van der Waals surface area (Å²) in [6.07, 6.45) is 2.02. The molecule has 1 aromatic carbocycles. The fraction of sp³-hybridized carbons (Fsp3) is 0.400. The Morgan fingerprint density at radius 1 is 1.58 bits per heavy atom. The molecule has 1 saturated heterocycles. The van der Waals surface area contributed by atoms with Crippen LogP contribution in [0.15, 0.2) is 24.3 Å². The van der Waals surface area contributed by atoms with Crippen LogP contribution in [0, 0.1) is 11.8 Å². The molecule has 2 rings (SSSR count). The summed E-state index contributed by atoms with van der Waals surface area (Å²) in [5, 5.41) is 11.6. The quantitative estimate of drug-likeness (QED) is 0.814. The van der Waals surface area contributed by atoms with E-state index < -0.39 is 0 Å². The smallest absolute Gasteiger partial charge is 0.240 e. The lowest BCUT2D eigenvalue weighted by Crippen LogP contribution is -2.34. The van der Waals surface area contributed by atoms with Gasteiger partial charge >= 0.3 is 0 Å². The normalized spacial score (nSPS) is 21.6. The van der Waals surface area contributed by atoms with Gasteiger partial charge in [-0.1, -0.05) is 17.9 Å². The van der Waals surface area contributed by atoms with Gasteiger partial charge in [0, 0.05) is 11.3 Å². The van der Waals surface area contributed by atoms with E-state index in [0.29, 0.717) is 0 Å². The number of hydrogen-bond acceptors (Lipinski definition) is 3. The number of carbonyl (C=O) groups excluding carboxylic acids is 1. The fourth-order valence-corrected chi connectivity index (χ4v) is 3.25. The van der Waals surface area contributed by atoms with Crippen molar-refractivity contribution in [2.45, 2.75) is 24.5 Å². The maximum atomic E-state index is 12.3. The van der Waals surface area contributed by atoms with Crippen molar-refractivity contribution < 1.29 is 9.90 Å². The van der Waals surface area contributed by atoms with Gasteiger partial charge < -0.3 is 10.4 Å². The first-order valence-corrected chi connectivity index (χ1v) is 7.28. The second kappa shape index (κ2) is 6.14. The van der Waals surface area contributed by atoms with Crippen molar-refractivity contribution in [2.24, 2.45) is 0 Å². The van der Waals surface area contributed by atoms with Gasteiger partial charge in [0.1, 0.15) is 6.61 Å². The molecule has 0 saturated carbocycles. The number of carbonyl (C=O) groups is 1. The second-order valence-corrected chi connectivity index (χ2v) is 6.28. The van der Waals surface area contributed by atoms with E-state index in [1.54, 1.807) is 11.8 Å². The van der Waals surface area contributed by atoms with Gasteiger partial charge in [0.15, 0.2) is 0 Å². The highest BCUT2D eigenvalue weighted by Gasteiger charge is 2.37. The number of hydrogen-bond donors (Lipinski definition) is 2. The maximum absolute atomic E-state index is 12.3. The second-order valence-electron chi connectivity index (χ2n) is 4.68. The third-order valence-corrected chi connectivity index (χ3v) is 4.65. The monoisotopic (exact) mass is 275 g/mol. The van der Waals surface area contributed by atoms with E-state index in [1.807, 2.05) is 31.2 Å². The largest absolute Gasteiger partial charge is 0.384 e. The summed E-state index contributed by atoms with van der Waals surface area (Å²) in [5.41, 5.74) is 1.54. The van der Waals surface area contributed by atoms with Crippen LogP contribution >= 0.6 is 11.8 Å². The lowest BCUT2D eigenvalue weighted by atomic mass is 10.0. The third-order valence-electron chi connectivity index (χ3n) is 3.13. The molecule has 0 spiro atoms. The number of thioether (sulfide) groups is 1. The van der Waals surface area contributed by atoms with Crippen LogP contribution in [0.2, 0.25) is 0 Å². The molecular weight excluding hydrogens is 258 g/mol. The summed E-state index contributed by atoms with van der Waals surface area (Å²) in [4.78, 5) is 12.3. The highest BCUT2D eigenvalue weighted by Crippen LogP contribution is 2.38. The molecule has 1 heterocycles. The van der Waals surface area contributed by atoms with Gasteiger partial charge in [0.25, 0.3) is 0 Å². The summed E-state index contributed by atoms with van der Waals surface area (Å²) in [6.45, 7) is 1.83. The summed E-state index contributed by atoms with van der Waals surface area (Å²) in [6, 6.07) is 7.38. The molecule has 19 heavy (non-hydrogen) atoms. The number of amides is 1. The average Bonchev–Trinajstić information content (AvgIpc) is 2.85. The standard InChI is InChI=1S/C15H17NO2S/c1-15(8-4-10-19-15)14(18)16-13-7-2-5-12(11-13)6-3-9-17/h2,5,7,11,17H,4,8-10H2,1H3,(H,16,18). The number of anilines is 1. The van der Waals surface area contributed by atoms with Crippen LogP contribution in [-0.2, 0) is 4.79 Å². The number of aliphatic hydroxyl groups is 1. The molecule has 1 amide bonds. The Balaban J connectivity index is 2.08. The number of rotatable bonds is 2. The molecule has 3 nitrogen and oxygen atoms in total. The average molecular weight is 275 g/mol. The van der Waals surface area contributed by atoms with Crippen LogP contribution < -0.4 is 5.32 Å². The van der Waals surface area contributed by atoms with E-state index in [9.17, 15) is 4.79 Å². The maximum Gasteiger partial charge on any atom is 0.240 e. The molecular formula is C15H17NO2S. The Kier molecular flexibility index (Phi) is 4.52. The van der Waals surface area contributed by atoms with Crippen molar-refractivity contribution in [2.75, 3.05) is 17.7 Å². The minimum atomic E-state index is -0.313. The van der Waals surface area contributed by atoms with Crippen LogP contribution in [0.25, 0.3) is 0 Å². The Morgan fingerprint density at radius 3 is 3.11 bits per heavy atom. The van der Waals surface area contributed by atoms with E-state index in [1.165, 1.54) is 0 Å². The van der Waals surface area contributed by atoms with E-state index >= 15 is 0 Å². The Hall–Kier alpha value is -1.44. The topological polar surface area (TPSA) is 49.3 Å². The van der Waals surface area contributed by atoms with Gasteiger partial charge in [0.05, 0.1) is 4.75 Å². The van der Waals surface area contributed by atoms with E-state index in [-0.39, 0.29) is 17.3 Å². The predicted octanol–water partition coefficient (Wildman–Crippen LogP) is 2.25. The van der Waals surface area contributed by atoms with E-state index in [2.05, 4.69) is 17.2 Å². The first kappa shape index (κ1) is 14.0. The molecule has 1 unspecified atom stereocenters. The zero-order valence-electron chi connectivity index (χ0n) is 10.9. The van der Waals surface area contributed by atoms with Gasteiger partial charge in [-0.3, -0.25) is 4.79 Å². The zero-order chi connectivity index (χ0) is 13.7. The van der Waals surface area contributed by atoms with Gasteiger partial charge in [0.2, 0.25) is 5.91 Å². The zero-order valence-corrected chi connectivity index (χ0v) is 11.7. The Labute approximate surface area is 117 Å². The van der Waals surface area contributed by atoms with Crippen molar-refractivity contribution >= 4 is 23.4 Å². The lowest BCUT2D eigenvalue weighted by Gasteiger charge is -2.21. The summed E-state index contributed by atoms with van der Waals surface area (Å²) in [7, 11) is 0. The highest BCUT2D eigenvalue weighted by molar-refractivity contribution is 8.01. The molecule has 1 aliphatic rings. The van der Waals surface area contributed by atoms with Crippen LogP contribution in [0.4, 0.5) is 5.69 Å². The minimum Gasteiger partial charge on any atom is -0.384 e. The molecule has 1 atom stereocenters. The summed E-state index contributed by atoms with van der Waals surface area (Å²) >= 11 is 1.72. The molecule has 100 valence electrons. The summed E-state index contributed by atoms with van der Waals surface area (Å²) in [5.74, 6) is 6.53. The van der Waals surface area contributed by atoms with Crippen molar-refractivity contribution in [1.82, 2.24) is 0 Å². The van der Waals surface area contributed by atoms with Gasteiger partial charge in [-0.2, -0.15) is 0 Å². The first-order valence-electron chi connectivity index (χ1n) is 6.29. The Morgan fingerprint density at radius 2 is 2.42 bits per heavy atom. The fourth-order valence-electron chi connectivity index (χ4n) is 2.04. The number of aliphatic hydroxyl groups excluding tert-OH is 1. The van der Waals surface area contributed by atoms with Crippen LogP contribution in [-0.4, -0.2) is 28.1 Å². The minimum absolute atomic E-state index is 0.0577. The van der Waals surface area contributed by atoms with E-state index in [0.717, 1.165) is 29.8 Å². The third kappa shape index (κ3) is 3.52. The van der Waals surface area contributed by atoms with Crippen LogP contribution in [0.3, 0.4) is 0 Å². The molecule has 2 N–H and O–H groups in total. The van der Waals surface area contributed by atoms with Crippen molar-refractivity contribution in [1.29, 1.82) is 0 Å². The van der Waals surface area contributed by atoms with E-state index in [4.69, 9.17) is 5.11 Å². The summed E-state index contributed by atoms with van der Waals surface area (Å²) < 4.78 is -0.313. The molecule has 0 aromatic heterocycles. The highest BCUT2D eigenvalue weighted by atomic mass is 32.2. The number of nitrogens with one attached hydrogen (secondary N) is 1. The molecule has 0 radical (unpaired) electrons. The van der Waals surface area contributed by atoms with Gasteiger partial charge in [-0.25, -0.2) is 0 Å². The predicted molar refractivity (Wildman–Crippen MR) is 79.1 cm³/mol. The molecule has 0 bridgehead atoms. The van der Waals surface area contributed by atoms with Gasteiger partial charge in [-0.05, 0) is 43.7 Å². The first-order chi connectivity index (χ1) is 9.14. The number of benzene rings is 1.